The molecule has 4 bridgehead atoms. The highest BCUT2D eigenvalue weighted by Gasteiger charge is 2.92. The predicted octanol–water partition coefficient (Wildman–Crippen LogP) is 1.61. The number of hydrogen-bond donors (Lipinski definition) is 5. The SMILES string of the molecule is CC[C@H](C)C(=O)O[C@@H]1[C@H](O)[C@@H]2[C@H](CN3C[C@H](C)CC[C@@H]3[C@]2(C)O)[C@@H]2C[C@@]34O[C@@]5(O)[C@H](OC(=O)[C@](C)(O)CC)CC[C@@]3(C)[C@H]5[C@H](OC(C)=O)[C@H](OC(C)=O)[C@]4(O)[C@H]21. The molecule has 3 saturated heterocycles. The van der Waals surface area contributed by atoms with E-state index in [2.05, 4.69) is 11.8 Å². The van der Waals surface area contributed by atoms with Crippen LogP contribution in [0, 0.1) is 46.8 Å². The minimum absolute atomic E-state index is 0.0107. The van der Waals surface area contributed by atoms with Crippen molar-refractivity contribution in [3.05, 3.63) is 0 Å². The van der Waals surface area contributed by atoms with Crippen molar-refractivity contribution in [3.63, 3.8) is 0 Å². The van der Waals surface area contributed by atoms with Gasteiger partial charge in [0, 0.05) is 50.2 Å². The first kappa shape index (κ1) is 41.7. The van der Waals surface area contributed by atoms with E-state index in [1.165, 1.54) is 6.92 Å². The molecule has 7 rings (SSSR count). The van der Waals surface area contributed by atoms with Crippen molar-refractivity contribution in [2.75, 3.05) is 13.1 Å². The van der Waals surface area contributed by atoms with Crippen molar-refractivity contribution in [1.82, 2.24) is 4.90 Å². The number of piperidine rings is 2. The molecule has 5 N–H and O–H groups in total. The van der Waals surface area contributed by atoms with Crippen molar-refractivity contribution >= 4 is 23.9 Å². The number of carbonyl (C=O) groups is 4. The van der Waals surface area contributed by atoms with Gasteiger partial charge in [0.2, 0.25) is 5.79 Å². The summed E-state index contributed by atoms with van der Waals surface area (Å²) in [7, 11) is 0. The van der Waals surface area contributed by atoms with E-state index >= 15 is 0 Å². The third-order valence-electron chi connectivity index (χ3n) is 16.0. The van der Waals surface area contributed by atoms with E-state index in [4.69, 9.17) is 23.7 Å². The maximum absolute atomic E-state index is 14.0. The average Bonchev–Trinajstić information content (AvgIpc) is 3.43. The summed E-state index contributed by atoms with van der Waals surface area (Å²) in [4.78, 5) is 55.6. The molecule has 3 heterocycles. The van der Waals surface area contributed by atoms with Gasteiger partial charge in [0.1, 0.15) is 17.3 Å². The van der Waals surface area contributed by atoms with Gasteiger partial charge in [0.05, 0.1) is 23.5 Å². The van der Waals surface area contributed by atoms with Gasteiger partial charge in [-0.1, -0.05) is 34.6 Å². The molecule has 0 aromatic carbocycles. The molecule has 15 heteroatoms. The van der Waals surface area contributed by atoms with Crippen LogP contribution in [-0.2, 0) is 42.9 Å². The van der Waals surface area contributed by atoms with Crippen molar-refractivity contribution in [2.24, 2.45) is 46.8 Å². The maximum Gasteiger partial charge on any atom is 0.338 e. The zero-order chi connectivity index (χ0) is 41.3. The summed E-state index contributed by atoms with van der Waals surface area (Å²) in [5.74, 6) is -10.4. The number of hydrogen-bond acceptors (Lipinski definition) is 15. The summed E-state index contributed by atoms with van der Waals surface area (Å²) in [6.45, 7) is 15.5. The second kappa shape index (κ2) is 13.6. The Morgan fingerprint density at radius 1 is 0.911 bits per heavy atom. The van der Waals surface area contributed by atoms with Gasteiger partial charge in [-0.15, -0.1) is 0 Å². The van der Waals surface area contributed by atoms with Gasteiger partial charge in [-0.3, -0.25) is 19.3 Å². The number of rotatable bonds is 8. The smallest absolute Gasteiger partial charge is 0.338 e. The van der Waals surface area contributed by atoms with Crippen molar-refractivity contribution < 1.29 is 68.4 Å². The van der Waals surface area contributed by atoms with Crippen LogP contribution in [-0.4, -0.2) is 132 Å². The van der Waals surface area contributed by atoms with Crippen LogP contribution >= 0.6 is 0 Å². The van der Waals surface area contributed by atoms with Crippen LogP contribution in [0.1, 0.15) is 107 Å². The van der Waals surface area contributed by atoms with E-state index in [-0.39, 0.29) is 31.7 Å². The zero-order valence-corrected chi connectivity index (χ0v) is 34.2. The van der Waals surface area contributed by atoms with Crippen LogP contribution in [0.2, 0.25) is 0 Å². The van der Waals surface area contributed by atoms with Crippen LogP contribution in [0.5, 0.6) is 0 Å². The Labute approximate surface area is 328 Å². The van der Waals surface area contributed by atoms with Crippen LogP contribution in [0.25, 0.3) is 0 Å². The normalized spacial score (nSPS) is 50.5. The summed E-state index contributed by atoms with van der Waals surface area (Å²) in [5.41, 5.74) is -8.83. The highest BCUT2D eigenvalue weighted by Crippen LogP contribution is 2.78. The Kier molecular flexibility index (Phi) is 10.1. The Bertz CT molecular complexity index is 1620. The lowest BCUT2D eigenvalue weighted by Crippen LogP contribution is -2.79. The molecule has 0 radical (unpaired) electrons. The molecular weight excluding hydrogens is 730 g/mol. The summed E-state index contributed by atoms with van der Waals surface area (Å²) >= 11 is 0. The summed E-state index contributed by atoms with van der Waals surface area (Å²) in [6.07, 6.45) is -5.39. The van der Waals surface area contributed by atoms with Crippen LogP contribution in [0.4, 0.5) is 0 Å². The molecule has 4 saturated carbocycles. The highest BCUT2D eigenvalue weighted by molar-refractivity contribution is 5.79. The second-order valence-electron chi connectivity index (χ2n) is 19.2. The molecule has 0 unspecified atom stereocenters. The lowest BCUT2D eigenvalue weighted by Gasteiger charge is -2.63. The number of nitrogens with zero attached hydrogens (tertiary/aromatic N) is 1. The molecule has 0 aromatic heterocycles. The van der Waals surface area contributed by atoms with Gasteiger partial charge in [-0.05, 0) is 76.5 Å². The lowest BCUT2D eigenvalue weighted by atomic mass is 9.47. The Morgan fingerprint density at radius 2 is 1.57 bits per heavy atom. The molecule has 56 heavy (non-hydrogen) atoms. The van der Waals surface area contributed by atoms with E-state index in [9.17, 15) is 44.7 Å². The largest absolute Gasteiger partial charge is 0.459 e. The number of aliphatic hydroxyl groups excluding tert-OH is 1. The van der Waals surface area contributed by atoms with Crippen molar-refractivity contribution in [1.29, 1.82) is 0 Å². The first-order valence-electron chi connectivity index (χ1n) is 20.7. The fourth-order valence-corrected chi connectivity index (χ4v) is 13.1. The summed E-state index contributed by atoms with van der Waals surface area (Å²) in [6, 6.07) is -0.288. The molecule has 7 fully saturated rings. The molecule has 316 valence electrons. The first-order valence-corrected chi connectivity index (χ1v) is 20.7. The van der Waals surface area contributed by atoms with Gasteiger partial charge < -0.3 is 49.2 Å². The van der Waals surface area contributed by atoms with Crippen LogP contribution in [0.3, 0.4) is 0 Å². The van der Waals surface area contributed by atoms with Gasteiger partial charge in [-0.2, -0.15) is 0 Å². The third-order valence-corrected chi connectivity index (χ3v) is 16.0. The van der Waals surface area contributed by atoms with Crippen molar-refractivity contribution in [2.45, 2.75) is 172 Å². The number of carbonyl (C=O) groups excluding carboxylic acids is 4. The average molecular weight is 794 g/mol. The standard InChI is InChI=1S/C41H63NO14/c1-10-20(4)34(46)55-30-28-23(24-18-42-17-19(3)12-13-25(42)38(9,49)27(24)29(30)45)16-39-36(7)15-14-26(54-35(47)37(8,48)11-2)41(51,56-39)32(36)31(52-21(5)43)33(40(28,39)50)53-22(6)44/h19-20,23-33,45,48-51H,10-18H2,1-9H3/t19-,20+,23+,24-,25-,26-,27+,28-,29-,30+,31+,32-,33+,36+,37-,38+,39-,40-,41+/m1/s1. The molecule has 0 aromatic rings. The molecule has 0 amide bonds. The number of ether oxygens (including phenoxy) is 5. The summed E-state index contributed by atoms with van der Waals surface area (Å²) < 4.78 is 31.2. The number of aliphatic hydroxyl groups is 5. The zero-order valence-electron chi connectivity index (χ0n) is 34.2. The highest BCUT2D eigenvalue weighted by atomic mass is 16.7. The van der Waals surface area contributed by atoms with Gasteiger partial charge in [-0.25, -0.2) is 4.79 Å². The minimum Gasteiger partial charge on any atom is -0.459 e. The molecule has 7 aliphatic rings. The first-order chi connectivity index (χ1) is 26.0. The molecular formula is C41H63NO14. The molecule has 19 atom stereocenters. The number of esters is 4. The van der Waals surface area contributed by atoms with E-state index in [0.717, 1.165) is 20.3 Å². The molecule has 4 aliphatic carbocycles. The van der Waals surface area contributed by atoms with Gasteiger partial charge >= 0.3 is 23.9 Å². The third kappa shape index (κ3) is 5.53. The molecule has 15 nitrogen and oxygen atoms in total. The van der Waals surface area contributed by atoms with Gasteiger partial charge in [0.15, 0.2) is 23.9 Å². The predicted molar refractivity (Wildman–Crippen MR) is 195 cm³/mol. The van der Waals surface area contributed by atoms with E-state index < -0.39 is 124 Å². The Balaban J connectivity index is 1.45. The van der Waals surface area contributed by atoms with E-state index in [1.807, 2.05) is 13.8 Å². The second-order valence-corrected chi connectivity index (χ2v) is 19.2. The molecule has 1 spiro atoms. The maximum atomic E-state index is 14.0. The van der Waals surface area contributed by atoms with E-state index in [0.29, 0.717) is 31.8 Å². The summed E-state index contributed by atoms with van der Waals surface area (Å²) in [5, 5.41) is 63.1. The quantitative estimate of drug-likeness (QED) is 0.174. The molecule has 3 aliphatic heterocycles. The number of fused-ring (bicyclic) bond motifs is 5. The van der Waals surface area contributed by atoms with E-state index in [1.54, 1.807) is 20.8 Å². The lowest BCUT2D eigenvalue weighted by molar-refractivity contribution is -0.315. The Hall–Kier alpha value is -2.40. The van der Waals surface area contributed by atoms with Crippen LogP contribution in [0.15, 0.2) is 0 Å². The fourth-order valence-electron chi connectivity index (χ4n) is 13.1. The van der Waals surface area contributed by atoms with Crippen molar-refractivity contribution in [3.8, 4) is 0 Å². The van der Waals surface area contributed by atoms with Crippen LogP contribution < -0.4 is 0 Å². The monoisotopic (exact) mass is 793 g/mol. The Morgan fingerprint density at radius 3 is 2.18 bits per heavy atom. The fraction of sp³-hybridized carbons (Fsp3) is 0.902. The topological polar surface area (TPSA) is 219 Å². The minimum atomic E-state index is -2.44. The van der Waals surface area contributed by atoms with Gasteiger partial charge in [0.25, 0.3) is 0 Å².